The molecule has 0 fully saturated rings. The Bertz CT molecular complexity index is 991. The maximum Gasteiger partial charge on any atom is 0.271 e. The summed E-state index contributed by atoms with van der Waals surface area (Å²) in [5.41, 5.74) is 4.15. The predicted octanol–water partition coefficient (Wildman–Crippen LogP) is 3.45. The third-order valence-corrected chi connectivity index (χ3v) is 5.29. The highest BCUT2D eigenvalue weighted by Gasteiger charge is 2.23. The zero-order chi connectivity index (χ0) is 18.8. The molecule has 0 radical (unpaired) electrons. The van der Waals surface area contributed by atoms with E-state index in [1.165, 1.54) is 5.56 Å². The van der Waals surface area contributed by atoms with Crippen molar-refractivity contribution in [1.82, 2.24) is 14.7 Å². The van der Waals surface area contributed by atoms with E-state index in [9.17, 15) is 4.79 Å². The molecule has 1 aliphatic heterocycles. The number of aromatic amines is 1. The highest BCUT2D eigenvalue weighted by atomic mass is 35.5. The van der Waals surface area contributed by atoms with Gasteiger partial charge in [-0.05, 0) is 23.8 Å². The van der Waals surface area contributed by atoms with E-state index in [1.54, 1.807) is 11.8 Å². The minimum absolute atomic E-state index is 0.0525. The number of para-hydroxylation sites is 1. The number of hydrogen-bond donors (Lipinski definition) is 1. The highest BCUT2D eigenvalue weighted by Crippen LogP contribution is 2.20. The fourth-order valence-corrected chi connectivity index (χ4v) is 3.74. The van der Waals surface area contributed by atoms with Gasteiger partial charge in [-0.25, -0.2) is 4.68 Å². The zero-order valence-corrected chi connectivity index (χ0v) is 16.0. The van der Waals surface area contributed by atoms with Crippen molar-refractivity contribution in [3.8, 4) is 5.75 Å². The second kappa shape index (κ2) is 7.62. The molecule has 0 unspecified atom stereocenters. The van der Waals surface area contributed by atoms with Crippen LogP contribution in [-0.4, -0.2) is 28.3 Å². The van der Waals surface area contributed by atoms with E-state index in [2.05, 4.69) is 10.00 Å². The summed E-state index contributed by atoms with van der Waals surface area (Å²) in [5, 5.41) is 4.04. The number of aromatic nitrogens is 2. The molecular weight excluding hydrogens is 362 g/mol. The average Bonchev–Trinajstić information content (AvgIpc) is 2.99. The lowest BCUT2D eigenvalue weighted by Crippen LogP contribution is -2.32. The Kier molecular flexibility index (Phi) is 5.05. The fourth-order valence-electron chi connectivity index (χ4n) is 3.61. The van der Waals surface area contributed by atoms with Crippen LogP contribution < -0.4 is 10.3 Å². The first kappa shape index (κ1) is 17.9. The van der Waals surface area contributed by atoms with Gasteiger partial charge in [0.25, 0.3) is 5.56 Å². The van der Waals surface area contributed by atoms with Gasteiger partial charge in [0.1, 0.15) is 5.75 Å². The van der Waals surface area contributed by atoms with Crippen LogP contribution in [0.4, 0.5) is 0 Å². The Hall–Kier alpha value is -2.50. The zero-order valence-electron chi connectivity index (χ0n) is 15.2. The molecule has 2 aromatic carbocycles. The predicted molar refractivity (Wildman–Crippen MR) is 106 cm³/mol. The molecule has 2 heterocycles. The van der Waals surface area contributed by atoms with Gasteiger partial charge in [-0.15, -0.1) is 0 Å². The van der Waals surface area contributed by atoms with Gasteiger partial charge in [0.15, 0.2) is 0 Å². The summed E-state index contributed by atoms with van der Waals surface area (Å²) in [6.45, 7) is 2.87. The molecule has 0 saturated carbocycles. The molecule has 0 bridgehead atoms. The third-order valence-electron chi connectivity index (χ3n) is 5.04. The van der Waals surface area contributed by atoms with E-state index >= 15 is 0 Å². The third kappa shape index (κ3) is 3.80. The van der Waals surface area contributed by atoms with Gasteiger partial charge in [0.2, 0.25) is 0 Å². The summed E-state index contributed by atoms with van der Waals surface area (Å²) in [4.78, 5) is 15.2. The Morgan fingerprint density at radius 3 is 2.67 bits per heavy atom. The molecule has 0 aliphatic carbocycles. The first-order chi connectivity index (χ1) is 13.1. The van der Waals surface area contributed by atoms with Crippen LogP contribution in [0.25, 0.3) is 0 Å². The Morgan fingerprint density at radius 2 is 1.89 bits per heavy atom. The maximum absolute atomic E-state index is 12.9. The van der Waals surface area contributed by atoms with E-state index in [0.29, 0.717) is 13.1 Å². The number of nitrogens with one attached hydrogen (secondary N) is 1. The van der Waals surface area contributed by atoms with Gasteiger partial charge in [-0.3, -0.25) is 14.8 Å². The second-order valence-electron chi connectivity index (χ2n) is 6.86. The van der Waals surface area contributed by atoms with E-state index in [0.717, 1.165) is 47.1 Å². The molecule has 1 aliphatic rings. The van der Waals surface area contributed by atoms with Crippen molar-refractivity contribution < 1.29 is 4.74 Å². The number of nitrogens with zero attached hydrogens (tertiary/aromatic N) is 2. The standard InChI is InChI=1S/C21H22ClN3O2/c1-27-20-5-3-2-4-16(20)13-25-21(26)18-14-24(11-10-19(18)23-25)12-15-6-8-17(22)9-7-15/h2-9,23H,10-14H2,1H3. The second-order valence-corrected chi connectivity index (χ2v) is 7.30. The normalized spacial score (nSPS) is 14.1. The lowest BCUT2D eigenvalue weighted by molar-refractivity contribution is 0.244. The highest BCUT2D eigenvalue weighted by molar-refractivity contribution is 6.30. The summed E-state index contributed by atoms with van der Waals surface area (Å²) in [5.74, 6) is 0.793. The van der Waals surface area contributed by atoms with E-state index in [-0.39, 0.29) is 5.56 Å². The van der Waals surface area contributed by atoms with Crippen LogP contribution in [0, 0.1) is 0 Å². The lowest BCUT2D eigenvalue weighted by atomic mass is 10.1. The Labute approximate surface area is 163 Å². The van der Waals surface area contributed by atoms with Crippen molar-refractivity contribution in [2.75, 3.05) is 13.7 Å². The first-order valence-electron chi connectivity index (χ1n) is 9.03. The minimum atomic E-state index is 0.0525. The Balaban J connectivity index is 1.53. The van der Waals surface area contributed by atoms with E-state index in [1.807, 2.05) is 48.5 Å². The molecule has 0 atom stereocenters. The first-order valence-corrected chi connectivity index (χ1v) is 9.41. The summed E-state index contributed by atoms with van der Waals surface area (Å²) in [7, 11) is 1.65. The molecule has 5 nitrogen and oxygen atoms in total. The van der Waals surface area contributed by atoms with Crippen molar-refractivity contribution in [1.29, 1.82) is 0 Å². The molecule has 140 valence electrons. The van der Waals surface area contributed by atoms with Crippen molar-refractivity contribution >= 4 is 11.6 Å². The number of halogens is 1. The van der Waals surface area contributed by atoms with Crippen LogP contribution in [-0.2, 0) is 26.1 Å². The van der Waals surface area contributed by atoms with Gasteiger partial charge in [0, 0.05) is 42.3 Å². The van der Waals surface area contributed by atoms with Gasteiger partial charge in [-0.2, -0.15) is 0 Å². The quantitative estimate of drug-likeness (QED) is 0.734. The molecule has 0 spiro atoms. The van der Waals surface area contributed by atoms with Crippen LogP contribution in [0.15, 0.2) is 53.3 Å². The van der Waals surface area contributed by atoms with E-state index < -0.39 is 0 Å². The number of hydrogen-bond acceptors (Lipinski definition) is 3. The van der Waals surface area contributed by atoms with Crippen LogP contribution in [0.3, 0.4) is 0 Å². The Morgan fingerprint density at radius 1 is 1.11 bits per heavy atom. The summed E-state index contributed by atoms with van der Waals surface area (Å²) >= 11 is 5.96. The summed E-state index contributed by atoms with van der Waals surface area (Å²) < 4.78 is 7.09. The maximum atomic E-state index is 12.9. The number of ether oxygens (including phenoxy) is 1. The molecule has 6 heteroatoms. The molecule has 0 amide bonds. The van der Waals surface area contributed by atoms with Gasteiger partial charge in [0.05, 0.1) is 19.2 Å². The lowest BCUT2D eigenvalue weighted by Gasteiger charge is -2.25. The summed E-state index contributed by atoms with van der Waals surface area (Å²) in [6.07, 6.45) is 0.844. The smallest absolute Gasteiger partial charge is 0.271 e. The molecule has 27 heavy (non-hydrogen) atoms. The number of benzene rings is 2. The van der Waals surface area contributed by atoms with Crippen LogP contribution >= 0.6 is 11.6 Å². The average molecular weight is 384 g/mol. The van der Waals surface area contributed by atoms with Gasteiger partial charge in [-0.1, -0.05) is 41.9 Å². The van der Waals surface area contributed by atoms with Gasteiger partial charge < -0.3 is 4.74 Å². The molecule has 0 saturated heterocycles. The number of H-pyrrole nitrogens is 1. The van der Waals surface area contributed by atoms with Gasteiger partial charge >= 0.3 is 0 Å². The summed E-state index contributed by atoms with van der Waals surface area (Å²) in [6, 6.07) is 15.7. The molecule has 4 rings (SSSR count). The van der Waals surface area contributed by atoms with Crippen LogP contribution in [0.5, 0.6) is 5.75 Å². The van der Waals surface area contributed by atoms with E-state index in [4.69, 9.17) is 16.3 Å². The molecule has 1 aromatic heterocycles. The SMILES string of the molecule is COc1ccccc1Cn1[nH]c2c(c1=O)CN(Cc1ccc(Cl)cc1)CC2. The number of methoxy groups -OCH3 is 1. The van der Waals surface area contributed by atoms with Crippen LogP contribution in [0.1, 0.15) is 22.4 Å². The molecule has 3 aromatic rings. The number of rotatable bonds is 5. The minimum Gasteiger partial charge on any atom is -0.496 e. The largest absolute Gasteiger partial charge is 0.496 e. The molecular formula is C21H22ClN3O2. The topological polar surface area (TPSA) is 50.3 Å². The fraction of sp³-hybridized carbons (Fsp3) is 0.286. The van der Waals surface area contributed by atoms with Crippen molar-refractivity contribution in [2.24, 2.45) is 0 Å². The monoisotopic (exact) mass is 383 g/mol. The van der Waals surface area contributed by atoms with Crippen molar-refractivity contribution in [3.63, 3.8) is 0 Å². The molecule has 1 N–H and O–H groups in total. The van der Waals surface area contributed by atoms with Crippen molar-refractivity contribution in [2.45, 2.75) is 26.1 Å². The van der Waals surface area contributed by atoms with Crippen molar-refractivity contribution in [3.05, 3.63) is 86.3 Å². The number of fused-ring (bicyclic) bond motifs is 1. The van der Waals surface area contributed by atoms with Crippen LogP contribution in [0.2, 0.25) is 5.02 Å².